The summed E-state index contributed by atoms with van der Waals surface area (Å²) < 4.78 is 13.2. The molecule has 4 N–H and O–H groups in total. The fourth-order valence-electron chi connectivity index (χ4n) is 1.96. The van der Waals surface area contributed by atoms with Crippen LogP contribution in [-0.2, 0) is 15.1 Å². The molecule has 1 aromatic rings. The number of benzene rings is 1. The van der Waals surface area contributed by atoms with E-state index in [1.165, 1.54) is 12.1 Å². The zero-order chi connectivity index (χ0) is 13.9. The van der Waals surface area contributed by atoms with Gasteiger partial charge in [0.05, 0.1) is 18.6 Å². The van der Waals surface area contributed by atoms with Crippen molar-refractivity contribution in [2.75, 3.05) is 13.1 Å². The number of halogens is 1. The summed E-state index contributed by atoms with van der Waals surface area (Å²) in [5.41, 5.74) is 5.40. The molecule has 0 bridgehead atoms. The van der Waals surface area contributed by atoms with Crippen LogP contribution in [0.5, 0.6) is 0 Å². The molecule has 2 amide bonds. The van der Waals surface area contributed by atoms with Gasteiger partial charge < -0.3 is 16.4 Å². The lowest BCUT2D eigenvalue weighted by atomic mass is 10.0. The zero-order valence-electron chi connectivity index (χ0n) is 10.4. The summed E-state index contributed by atoms with van der Waals surface area (Å²) in [5.74, 6) is -1.01. The van der Waals surface area contributed by atoms with Gasteiger partial charge in [-0.05, 0) is 30.5 Å². The van der Waals surface area contributed by atoms with E-state index >= 15 is 0 Å². The van der Waals surface area contributed by atoms with Crippen LogP contribution >= 0.6 is 0 Å². The Kier molecular flexibility index (Phi) is 3.80. The lowest BCUT2D eigenvalue weighted by Gasteiger charge is -2.18. The quantitative estimate of drug-likeness (QED) is 0.701. The molecule has 0 heterocycles. The van der Waals surface area contributed by atoms with Crippen molar-refractivity contribution < 1.29 is 14.0 Å². The molecule has 0 aliphatic heterocycles. The van der Waals surface area contributed by atoms with Crippen LogP contribution < -0.4 is 16.4 Å². The summed E-state index contributed by atoms with van der Waals surface area (Å²) in [7, 11) is 0. The van der Waals surface area contributed by atoms with Crippen molar-refractivity contribution in [1.29, 1.82) is 0 Å². The average molecular weight is 265 g/mol. The Morgan fingerprint density at radius 3 is 2.63 bits per heavy atom. The first-order chi connectivity index (χ1) is 9.05. The number of rotatable bonds is 5. The highest BCUT2D eigenvalue weighted by Gasteiger charge is 2.45. The third-order valence-electron chi connectivity index (χ3n) is 3.14. The van der Waals surface area contributed by atoms with Crippen molar-refractivity contribution in [3.05, 3.63) is 35.6 Å². The van der Waals surface area contributed by atoms with Crippen LogP contribution in [0.2, 0.25) is 0 Å². The predicted molar refractivity (Wildman–Crippen MR) is 67.5 cm³/mol. The Balaban J connectivity index is 1.95. The molecule has 0 radical (unpaired) electrons. The van der Waals surface area contributed by atoms with E-state index in [4.69, 9.17) is 5.73 Å². The maximum absolute atomic E-state index is 13.2. The van der Waals surface area contributed by atoms with Gasteiger partial charge in [-0.2, -0.15) is 0 Å². The Morgan fingerprint density at radius 2 is 2.05 bits per heavy atom. The molecule has 0 aromatic heterocycles. The first-order valence-electron chi connectivity index (χ1n) is 6.09. The topological polar surface area (TPSA) is 84.2 Å². The van der Waals surface area contributed by atoms with Crippen LogP contribution in [0.25, 0.3) is 0 Å². The highest BCUT2D eigenvalue weighted by atomic mass is 19.1. The number of amides is 2. The van der Waals surface area contributed by atoms with Crippen LogP contribution in [0.15, 0.2) is 24.3 Å². The number of hydrogen-bond donors (Lipinski definition) is 3. The average Bonchev–Trinajstić information content (AvgIpc) is 3.17. The Hall–Kier alpha value is -1.95. The second-order valence-electron chi connectivity index (χ2n) is 4.62. The fraction of sp³-hybridized carbons (Fsp3) is 0.385. The molecule has 102 valence electrons. The molecule has 1 aliphatic rings. The Bertz CT molecular complexity index is 500. The highest BCUT2D eigenvalue weighted by Crippen LogP contribution is 2.45. The van der Waals surface area contributed by atoms with Gasteiger partial charge >= 0.3 is 0 Å². The summed E-state index contributed by atoms with van der Waals surface area (Å²) in [6.07, 6.45) is 1.54. The van der Waals surface area contributed by atoms with Crippen LogP contribution in [-0.4, -0.2) is 24.9 Å². The number of carbonyl (C=O) groups excluding carboxylic acids is 2. The van der Waals surface area contributed by atoms with Crippen molar-refractivity contribution in [1.82, 2.24) is 10.6 Å². The van der Waals surface area contributed by atoms with Crippen LogP contribution in [0.1, 0.15) is 18.4 Å². The molecular weight excluding hydrogens is 249 g/mol. The lowest BCUT2D eigenvalue weighted by Crippen LogP contribution is -2.43. The maximum Gasteiger partial charge on any atom is 0.240 e. The van der Waals surface area contributed by atoms with E-state index in [-0.39, 0.29) is 30.7 Å². The molecular formula is C13H16FN3O2. The molecule has 0 saturated heterocycles. The molecule has 1 aliphatic carbocycles. The first kappa shape index (κ1) is 13.5. The number of nitrogens with two attached hydrogens (primary N) is 1. The van der Waals surface area contributed by atoms with E-state index < -0.39 is 5.54 Å². The van der Waals surface area contributed by atoms with Crippen molar-refractivity contribution in [2.24, 2.45) is 5.73 Å². The largest absolute Gasteiger partial charge is 0.346 e. The smallest absolute Gasteiger partial charge is 0.240 e. The monoisotopic (exact) mass is 265 g/mol. The fourth-order valence-corrected chi connectivity index (χ4v) is 1.96. The predicted octanol–water partition coefficient (Wildman–Crippen LogP) is 0.00590. The molecule has 6 heteroatoms. The second kappa shape index (κ2) is 5.36. The van der Waals surface area contributed by atoms with Crippen LogP contribution in [0.3, 0.4) is 0 Å². The minimum Gasteiger partial charge on any atom is -0.346 e. The van der Waals surface area contributed by atoms with E-state index in [9.17, 15) is 14.0 Å². The maximum atomic E-state index is 13.2. The summed E-state index contributed by atoms with van der Waals surface area (Å²) in [5, 5.41) is 5.22. The van der Waals surface area contributed by atoms with E-state index in [0.717, 1.165) is 18.4 Å². The van der Waals surface area contributed by atoms with E-state index in [1.807, 2.05) is 0 Å². The van der Waals surface area contributed by atoms with Crippen LogP contribution in [0.4, 0.5) is 4.39 Å². The lowest BCUT2D eigenvalue weighted by molar-refractivity contribution is -0.126. The van der Waals surface area contributed by atoms with Gasteiger partial charge in [0.2, 0.25) is 11.8 Å². The standard InChI is InChI=1S/C13H16FN3O2/c14-10-3-1-2-9(6-10)13(4-5-13)17-12(19)8-16-11(18)7-15/h1-3,6H,4-5,7-8,15H2,(H,16,18)(H,17,19). The highest BCUT2D eigenvalue weighted by molar-refractivity contribution is 5.86. The van der Waals surface area contributed by atoms with Gasteiger partial charge in [0.15, 0.2) is 0 Å². The molecule has 0 unspecified atom stereocenters. The van der Waals surface area contributed by atoms with Gasteiger partial charge in [-0.3, -0.25) is 9.59 Å². The number of nitrogens with one attached hydrogen (secondary N) is 2. The van der Waals surface area contributed by atoms with E-state index in [1.54, 1.807) is 12.1 Å². The van der Waals surface area contributed by atoms with Crippen molar-refractivity contribution in [2.45, 2.75) is 18.4 Å². The second-order valence-corrected chi connectivity index (χ2v) is 4.62. The number of carbonyl (C=O) groups is 2. The van der Waals surface area contributed by atoms with E-state index in [0.29, 0.717) is 0 Å². The van der Waals surface area contributed by atoms with Gasteiger partial charge in [0.1, 0.15) is 5.82 Å². The first-order valence-corrected chi connectivity index (χ1v) is 6.09. The van der Waals surface area contributed by atoms with Gasteiger partial charge in [0.25, 0.3) is 0 Å². The van der Waals surface area contributed by atoms with Crippen LogP contribution in [0, 0.1) is 5.82 Å². The van der Waals surface area contributed by atoms with Gasteiger partial charge in [-0.25, -0.2) is 4.39 Å². The zero-order valence-corrected chi connectivity index (χ0v) is 10.4. The summed E-state index contributed by atoms with van der Waals surface area (Å²) in [6, 6.07) is 6.19. The van der Waals surface area contributed by atoms with Crippen molar-refractivity contribution in [3.8, 4) is 0 Å². The van der Waals surface area contributed by atoms with Crippen molar-refractivity contribution >= 4 is 11.8 Å². The molecule has 0 spiro atoms. The van der Waals surface area contributed by atoms with Gasteiger partial charge in [-0.1, -0.05) is 12.1 Å². The summed E-state index contributed by atoms with van der Waals surface area (Å²) in [6.45, 7) is -0.268. The minimum absolute atomic E-state index is 0.118. The molecule has 1 saturated carbocycles. The third kappa shape index (κ3) is 3.29. The third-order valence-corrected chi connectivity index (χ3v) is 3.14. The van der Waals surface area contributed by atoms with Gasteiger partial charge in [0, 0.05) is 0 Å². The van der Waals surface area contributed by atoms with E-state index in [2.05, 4.69) is 10.6 Å². The molecule has 1 aromatic carbocycles. The van der Waals surface area contributed by atoms with Crippen molar-refractivity contribution in [3.63, 3.8) is 0 Å². The molecule has 5 nitrogen and oxygen atoms in total. The molecule has 2 rings (SSSR count). The Labute approximate surface area is 110 Å². The van der Waals surface area contributed by atoms with Gasteiger partial charge in [-0.15, -0.1) is 0 Å². The SMILES string of the molecule is NCC(=O)NCC(=O)NC1(c2cccc(F)c2)CC1. The normalized spacial score (nSPS) is 15.7. The number of hydrogen-bond acceptors (Lipinski definition) is 3. The summed E-state index contributed by atoms with van der Waals surface area (Å²) in [4.78, 5) is 22.7. The summed E-state index contributed by atoms with van der Waals surface area (Å²) >= 11 is 0. The molecule has 0 atom stereocenters. The molecule has 19 heavy (non-hydrogen) atoms. The minimum atomic E-state index is -0.480. The molecule has 1 fully saturated rings. The Morgan fingerprint density at radius 1 is 1.32 bits per heavy atom.